The van der Waals surface area contributed by atoms with E-state index in [0.717, 1.165) is 31.2 Å². The first-order chi connectivity index (χ1) is 12.2. The maximum absolute atomic E-state index is 12.7. The minimum atomic E-state index is -0.597. The van der Waals surface area contributed by atoms with E-state index in [4.69, 9.17) is 9.05 Å². The third kappa shape index (κ3) is 2.93. The molecule has 2 aromatic heterocycles. The van der Waals surface area contributed by atoms with Gasteiger partial charge in [-0.15, -0.1) is 0 Å². The van der Waals surface area contributed by atoms with Gasteiger partial charge in [0.2, 0.25) is 5.89 Å². The van der Waals surface area contributed by atoms with Crippen LogP contribution in [-0.4, -0.2) is 21.2 Å². The second-order valence-corrected chi connectivity index (χ2v) is 6.32. The fraction of sp³-hybridized carbons (Fsp3) is 0.333. The minimum Gasteiger partial charge on any atom is -0.355 e. The number of nitrogens with one attached hydrogen (secondary N) is 1. The Bertz CT molecular complexity index is 879. The molecule has 0 atom stereocenters. The number of hydrogen-bond acceptors (Lipinski definition) is 6. The molecule has 1 saturated carbocycles. The van der Waals surface area contributed by atoms with Crippen molar-refractivity contribution in [3.63, 3.8) is 0 Å². The topological polar surface area (TPSA) is 94.1 Å². The molecule has 1 amide bonds. The Morgan fingerprint density at radius 2 is 1.88 bits per heavy atom. The lowest BCUT2D eigenvalue weighted by Crippen LogP contribution is -2.44. The molecule has 3 aromatic rings. The average molecular weight is 338 g/mol. The number of aryl methyl sites for hydroxylation is 1. The van der Waals surface area contributed by atoms with Gasteiger partial charge >= 0.3 is 0 Å². The van der Waals surface area contributed by atoms with Gasteiger partial charge in [-0.2, -0.15) is 4.98 Å². The molecule has 0 bridgehead atoms. The van der Waals surface area contributed by atoms with Crippen molar-refractivity contribution < 1.29 is 13.8 Å². The third-order valence-electron chi connectivity index (χ3n) is 4.57. The first-order valence-electron chi connectivity index (χ1n) is 8.32. The molecule has 0 saturated heterocycles. The molecule has 7 nitrogen and oxygen atoms in total. The summed E-state index contributed by atoms with van der Waals surface area (Å²) in [5.41, 5.74) is 0.518. The summed E-state index contributed by atoms with van der Waals surface area (Å²) in [5.74, 6) is 1.28. The van der Waals surface area contributed by atoms with Crippen molar-refractivity contribution in [2.24, 2.45) is 0 Å². The van der Waals surface area contributed by atoms with Crippen molar-refractivity contribution in [3.8, 4) is 11.3 Å². The van der Waals surface area contributed by atoms with Crippen molar-refractivity contribution >= 4 is 5.91 Å². The summed E-state index contributed by atoms with van der Waals surface area (Å²) in [5, 5.41) is 11.0. The number of amides is 1. The summed E-state index contributed by atoms with van der Waals surface area (Å²) in [6, 6.07) is 11.2. The molecule has 1 fully saturated rings. The lowest BCUT2D eigenvalue weighted by atomic mass is 9.96. The van der Waals surface area contributed by atoms with E-state index in [-0.39, 0.29) is 11.6 Å². The van der Waals surface area contributed by atoms with Crippen molar-refractivity contribution in [2.45, 2.75) is 38.1 Å². The molecule has 1 aliphatic rings. The summed E-state index contributed by atoms with van der Waals surface area (Å²) >= 11 is 0. The zero-order valence-corrected chi connectivity index (χ0v) is 13.9. The van der Waals surface area contributed by atoms with Crippen LogP contribution >= 0.6 is 0 Å². The Morgan fingerprint density at radius 3 is 2.56 bits per heavy atom. The van der Waals surface area contributed by atoms with Crippen molar-refractivity contribution in [2.75, 3.05) is 0 Å². The SMILES string of the molecule is Cc1nc(C2(NC(=O)c3cc(-c4ccccc4)on3)CCCC2)no1. The molecule has 1 aromatic carbocycles. The first-order valence-corrected chi connectivity index (χ1v) is 8.32. The van der Waals surface area contributed by atoms with Gasteiger partial charge in [0, 0.05) is 18.6 Å². The van der Waals surface area contributed by atoms with E-state index >= 15 is 0 Å². The Balaban J connectivity index is 1.58. The molecule has 0 radical (unpaired) electrons. The molecule has 7 heteroatoms. The van der Waals surface area contributed by atoms with Gasteiger partial charge in [-0.05, 0) is 12.8 Å². The van der Waals surface area contributed by atoms with Crippen LogP contribution in [0.2, 0.25) is 0 Å². The Hall–Kier alpha value is -2.96. The number of hydrogen-bond donors (Lipinski definition) is 1. The molecule has 25 heavy (non-hydrogen) atoms. The molecule has 1 N–H and O–H groups in total. The van der Waals surface area contributed by atoms with Crippen molar-refractivity contribution in [1.29, 1.82) is 0 Å². The lowest BCUT2D eigenvalue weighted by Gasteiger charge is -2.26. The van der Waals surface area contributed by atoms with E-state index in [1.807, 2.05) is 30.3 Å². The molecular formula is C18H18N4O3. The number of benzene rings is 1. The smallest absolute Gasteiger partial charge is 0.274 e. The van der Waals surface area contributed by atoms with Gasteiger partial charge in [-0.3, -0.25) is 4.79 Å². The van der Waals surface area contributed by atoms with Crippen LogP contribution < -0.4 is 5.32 Å². The van der Waals surface area contributed by atoms with Gasteiger partial charge in [-0.1, -0.05) is 53.5 Å². The lowest BCUT2D eigenvalue weighted by molar-refractivity contribution is 0.0882. The summed E-state index contributed by atoms with van der Waals surface area (Å²) in [7, 11) is 0. The Morgan fingerprint density at radius 1 is 1.12 bits per heavy atom. The van der Waals surface area contributed by atoms with Gasteiger partial charge < -0.3 is 14.4 Å². The van der Waals surface area contributed by atoms with E-state index in [2.05, 4.69) is 20.6 Å². The van der Waals surface area contributed by atoms with Crippen LogP contribution in [0.15, 0.2) is 45.4 Å². The number of carbonyl (C=O) groups is 1. The average Bonchev–Trinajstić information content (AvgIpc) is 3.36. The fourth-order valence-corrected chi connectivity index (χ4v) is 3.28. The Labute approximate surface area is 144 Å². The van der Waals surface area contributed by atoms with E-state index < -0.39 is 5.54 Å². The molecule has 2 heterocycles. The first kappa shape index (κ1) is 15.6. The van der Waals surface area contributed by atoms with Crippen molar-refractivity contribution in [1.82, 2.24) is 20.6 Å². The van der Waals surface area contributed by atoms with Crippen LogP contribution in [0.1, 0.15) is 47.9 Å². The third-order valence-corrected chi connectivity index (χ3v) is 4.57. The van der Waals surface area contributed by atoms with Crippen LogP contribution in [0.5, 0.6) is 0 Å². The largest absolute Gasteiger partial charge is 0.355 e. The van der Waals surface area contributed by atoms with Crippen LogP contribution in [-0.2, 0) is 5.54 Å². The predicted octanol–water partition coefficient (Wildman–Crippen LogP) is 3.23. The predicted molar refractivity (Wildman–Crippen MR) is 88.6 cm³/mol. The van der Waals surface area contributed by atoms with E-state index in [1.165, 1.54) is 0 Å². The minimum absolute atomic E-state index is 0.241. The van der Waals surface area contributed by atoms with Crippen LogP contribution in [0.25, 0.3) is 11.3 Å². The van der Waals surface area contributed by atoms with Gasteiger partial charge in [0.25, 0.3) is 5.91 Å². The summed E-state index contributed by atoms with van der Waals surface area (Å²) < 4.78 is 10.4. The summed E-state index contributed by atoms with van der Waals surface area (Å²) in [6.07, 6.45) is 3.56. The second-order valence-electron chi connectivity index (χ2n) is 6.32. The quantitative estimate of drug-likeness (QED) is 0.785. The zero-order valence-electron chi connectivity index (χ0n) is 13.9. The van der Waals surface area contributed by atoms with Crippen molar-refractivity contribution in [3.05, 3.63) is 53.8 Å². The van der Waals surface area contributed by atoms with Gasteiger partial charge in [0.1, 0.15) is 5.54 Å². The van der Waals surface area contributed by atoms with Gasteiger partial charge in [0.05, 0.1) is 0 Å². The number of carbonyl (C=O) groups excluding carboxylic acids is 1. The number of aromatic nitrogens is 3. The molecule has 4 rings (SSSR count). The highest BCUT2D eigenvalue weighted by Crippen LogP contribution is 2.37. The maximum Gasteiger partial charge on any atom is 0.274 e. The summed E-state index contributed by atoms with van der Waals surface area (Å²) in [6.45, 7) is 1.74. The highest BCUT2D eigenvalue weighted by atomic mass is 16.5. The van der Waals surface area contributed by atoms with E-state index in [1.54, 1.807) is 13.0 Å². The molecule has 0 aliphatic heterocycles. The molecule has 0 unspecified atom stereocenters. The summed E-state index contributed by atoms with van der Waals surface area (Å²) in [4.78, 5) is 17.0. The van der Waals surface area contributed by atoms with Gasteiger partial charge in [-0.25, -0.2) is 0 Å². The van der Waals surface area contributed by atoms with Gasteiger partial charge in [0.15, 0.2) is 17.3 Å². The van der Waals surface area contributed by atoms with E-state index in [0.29, 0.717) is 17.5 Å². The van der Waals surface area contributed by atoms with Crippen LogP contribution in [0.3, 0.4) is 0 Å². The van der Waals surface area contributed by atoms with Crippen LogP contribution in [0.4, 0.5) is 0 Å². The van der Waals surface area contributed by atoms with E-state index in [9.17, 15) is 4.79 Å². The standard InChI is InChI=1S/C18H18N4O3/c1-12-19-17(22-24-12)18(9-5-6-10-18)20-16(23)14-11-15(25-21-14)13-7-3-2-4-8-13/h2-4,7-8,11H,5-6,9-10H2,1H3,(H,20,23). The molecular weight excluding hydrogens is 320 g/mol. The molecule has 1 aliphatic carbocycles. The number of nitrogens with zero attached hydrogens (tertiary/aromatic N) is 3. The maximum atomic E-state index is 12.7. The highest BCUT2D eigenvalue weighted by Gasteiger charge is 2.41. The molecule has 128 valence electrons. The number of rotatable bonds is 4. The monoisotopic (exact) mass is 338 g/mol. The Kier molecular flexibility index (Phi) is 3.83. The highest BCUT2D eigenvalue weighted by molar-refractivity contribution is 5.93. The second kappa shape index (κ2) is 6.16. The fourth-order valence-electron chi connectivity index (χ4n) is 3.28. The van der Waals surface area contributed by atoms with Crippen LogP contribution in [0, 0.1) is 6.92 Å². The normalized spacial score (nSPS) is 16.0. The zero-order chi connectivity index (χ0) is 17.3. The molecule has 0 spiro atoms.